The molecule has 0 saturated heterocycles. The van der Waals surface area contributed by atoms with Gasteiger partial charge in [-0.3, -0.25) is 18.8 Å². The van der Waals surface area contributed by atoms with E-state index in [1.807, 2.05) is 27.7 Å². The molecule has 41 heavy (non-hydrogen) atoms. The van der Waals surface area contributed by atoms with Gasteiger partial charge in [0, 0.05) is 24.1 Å². The summed E-state index contributed by atoms with van der Waals surface area (Å²) in [5.74, 6) is -1.99. The van der Waals surface area contributed by atoms with Gasteiger partial charge in [0.05, 0.1) is 36.8 Å². The van der Waals surface area contributed by atoms with Crippen molar-refractivity contribution in [2.24, 2.45) is 16.7 Å². The van der Waals surface area contributed by atoms with Gasteiger partial charge in [0.2, 0.25) is 5.91 Å². The third-order valence-corrected chi connectivity index (χ3v) is 8.77. The van der Waals surface area contributed by atoms with Gasteiger partial charge in [-0.1, -0.05) is 6.42 Å². The van der Waals surface area contributed by atoms with E-state index in [9.17, 15) is 23.2 Å². The Kier molecular flexibility index (Phi) is 9.19. The Morgan fingerprint density at radius 2 is 1.71 bits per heavy atom. The van der Waals surface area contributed by atoms with E-state index in [1.165, 1.54) is 13.2 Å². The number of carbonyl (C=O) groups excluding carboxylic acids is 3. The van der Waals surface area contributed by atoms with Crippen LogP contribution in [0.3, 0.4) is 0 Å². The van der Waals surface area contributed by atoms with Crippen LogP contribution >= 0.6 is 0 Å². The first-order valence-electron chi connectivity index (χ1n) is 14.7. The van der Waals surface area contributed by atoms with Crippen LogP contribution in [-0.2, 0) is 14.3 Å². The lowest BCUT2D eigenvalue weighted by molar-refractivity contribution is -0.169. The van der Waals surface area contributed by atoms with Gasteiger partial charge in [-0.05, 0) is 85.1 Å². The van der Waals surface area contributed by atoms with Crippen molar-refractivity contribution < 1.29 is 37.4 Å². The molecule has 2 amide bonds. The maximum atomic E-state index is 15.0. The van der Waals surface area contributed by atoms with Crippen molar-refractivity contribution >= 4 is 17.8 Å². The minimum Gasteiger partial charge on any atom is -0.496 e. The standard InChI is InChI=1S/C31H44F2N2O6/c1-29(2,3)41-28(38)30(4)11-9-19(10-12-30)40-25-15-21(24(39-5)16-22(25)33)27(37)35-23-8-6-7-20(23)26(36)34-18-31(17-32)13-14-31/h15-16,19-20,23H,6-14,17-18H2,1-5H3,(H,34,36)(H,35,37)/t19?,20-,23+,30?/m0/s1. The molecule has 0 unspecified atom stereocenters. The van der Waals surface area contributed by atoms with Gasteiger partial charge in [-0.2, -0.15) is 0 Å². The first-order chi connectivity index (χ1) is 19.3. The topological polar surface area (TPSA) is 103 Å². The number of carbonyl (C=O) groups is 3. The number of methoxy groups -OCH3 is 1. The Balaban J connectivity index is 1.39. The van der Waals surface area contributed by atoms with Crippen molar-refractivity contribution in [3.8, 4) is 11.5 Å². The Bertz CT molecular complexity index is 1140. The second kappa shape index (κ2) is 12.1. The molecule has 3 fully saturated rings. The summed E-state index contributed by atoms with van der Waals surface area (Å²) in [4.78, 5) is 38.9. The monoisotopic (exact) mass is 578 g/mol. The number of hydrogen-bond acceptors (Lipinski definition) is 6. The van der Waals surface area contributed by atoms with Crippen LogP contribution in [0.5, 0.6) is 11.5 Å². The molecule has 3 aliphatic rings. The number of hydrogen-bond donors (Lipinski definition) is 2. The highest BCUT2D eigenvalue weighted by molar-refractivity contribution is 5.98. The van der Waals surface area contributed by atoms with Crippen LogP contribution in [0.2, 0.25) is 0 Å². The molecule has 2 atom stereocenters. The Hall–Kier alpha value is -2.91. The predicted molar refractivity (Wildman–Crippen MR) is 149 cm³/mol. The number of esters is 1. The van der Waals surface area contributed by atoms with Gasteiger partial charge >= 0.3 is 5.97 Å². The molecule has 0 radical (unpaired) electrons. The largest absolute Gasteiger partial charge is 0.496 e. The van der Waals surface area contributed by atoms with Crippen LogP contribution in [0.25, 0.3) is 0 Å². The molecule has 228 valence electrons. The lowest BCUT2D eigenvalue weighted by Gasteiger charge is -2.37. The average molecular weight is 579 g/mol. The third-order valence-electron chi connectivity index (χ3n) is 8.77. The van der Waals surface area contributed by atoms with Gasteiger partial charge in [0.1, 0.15) is 11.4 Å². The second-order valence-electron chi connectivity index (χ2n) is 13.3. The molecule has 1 aromatic rings. The second-order valence-corrected chi connectivity index (χ2v) is 13.3. The number of nitrogens with one attached hydrogen (secondary N) is 2. The van der Waals surface area contributed by atoms with Crippen LogP contribution in [0.1, 0.15) is 95.8 Å². The lowest BCUT2D eigenvalue weighted by atomic mass is 9.74. The zero-order valence-electron chi connectivity index (χ0n) is 24.9. The highest BCUT2D eigenvalue weighted by atomic mass is 19.1. The molecule has 3 aliphatic carbocycles. The first kappa shape index (κ1) is 31.0. The molecule has 0 heterocycles. The smallest absolute Gasteiger partial charge is 0.312 e. The summed E-state index contributed by atoms with van der Waals surface area (Å²) in [6.45, 7) is 7.25. The molecule has 0 aliphatic heterocycles. The first-order valence-corrected chi connectivity index (χ1v) is 14.7. The Morgan fingerprint density at radius 3 is 2.29 bits per heavy atom. The zero-order chi connectivity index (χ0) is 30.0. The molecule has 2 N–H and O–H groups in total. The van der Waals surface area contributed by atoms with E-state index in [0.717, 1.165) is 25.3 Å². The molecular formula is C31H44F2N2O6. The fourth-order valence-corrected chi connectivity index (χ4v) is 5.74. The van der Waals surface area contributed by atoms with E-state index in [2.05, 4.69) is 10.6 Å². The van der Waals surface area contributed by atoms with Gasteiger partial charge in [-0.15, -0.1) is 0 Å². The molecule has 10 heteroatoms. The highest BCUT2D eigenvalue weighted by Crippen LogP contribution is 2.45. The number of rotatable bonds is 10. The van der Waals surface area contributed by atoms with E-state index in [-0.39, 0.29) is 35.0 Å². The summed E-state index contributed by atoms with van der Waals surface area (Å²) in [5.41, 5.74) is -1.52. The molecule has 0 bridgehead atoms. The quantitative estimate of drug-likeness (QED) is 0.367. The van der Waals surface area contributed by atoms with E-state index in [0.29, 0.717) is 45.1 Å². The summed E-state index contributed by atoms with van der Waals surface area (Å²) >= 11 is 0. The number of amides is 2. The van der Waals surface area contributed by atoms with Crippen molar-refractivity contribution in [3.05, 3.63) is 23.5 Å². The van der Waals surface area contributed by atoms with Crippen molar-refractivity contribution in [3.63, 3.8) is 0 Å². The van der Waals surface area contributed by atoms with Crippen LogP contribution in [0, 0.1) is 22.6 Å². The molecular weight excluding hydrogens is 534 g/mol. The molecule has 8 nitrogen and oxygen atoms in total. The molecule has 1 aromatic carbocycles. The molecule has 4 rings (SSSR count). The summed E-state index contributed by atoms with van der Waals surface area (Å²) in [7, 11) is 1.36. The van der Waals surface area contributed by atoms with E-state index in [4.69, 9.17) is 14.2 Å². The molecule has 3 saturated carbocycles. The van der Waals surface area contributed by atoms with Crippen LogP contribution in [-0.4, -0.2) is 55.9 Å². The van der Waals surface area contributed by atoms with Crippen molar-refractivity contribution in [2.45, 2.75) is 103 Å². The highest BCUT2D eigenvalue weighted by Gasteiger charge is 2.44. The third kappa shape index (κ3) is 7.49. The lowest BCUT2D eigenvalue weighted by Crippen LogP contribution is -2.45. The van der Waals surface area contributed by atoms with Gasteiger partial charge in [-0.25, -0.2) is 4.39 Å². The fraction of sp³-hybridized carbons (Fsp3) is 0.710. The Morgan fingerprint density at radius 1 is 1.02 bits per heavy atom. The van der Waals surface area contributed by atoms with Crippen molar-refractivity contribution in [2.75, 3.05) is 20.3 Å². The maximum absolute atomic E-state index is 15.0. The van der Waals surface area contributed by atoms with E-state index in [1.54, 1.807) is 0 Å². The predicted octanol–water partition coefficient (Wildman–Crippen LogP) is 5.27. The van der Waals surface area contributed by atoms with Gasteiger partial charge < -0.3 is 24.8 Å². The SMILES string of the molecule is COc1cc(F)c(OC2CCC(C)(C(=O)OC(C)(C)C)CC2)cc1C(=O)N[C@@H]1CCC[C@@H]1C(=O)NCC1(CF)CC1. The number of alkyl halides is 1. The van der Waals surface area contributed by atoms with Crippen molar-refractivity contribution in [1.82, 2.24) is 10.6 Å². The summed E-state index contributed by atoms with van der Waals surface area (Å²) in [6, 6.07) is 2.07. The number of halogens is 2. The van der Waals surface area contributed by atoms with Crippen LogP contribution in [0.4, 0.5) is 8.78 Å². The summed E-state index contributed by atoms with van der Waals surface area (Å²) in [6.07, 6.45) is 5.38. The van der Waals surface area contributed by atoms with Crippen molar-refractivity contribution in [1.29, 1.82) is 0 Å². The Labute approximate surface area is 241 Å². The summed E-state index contributed by atoms with van der Waals surface area (Å²) in [5, 5.41) is 5.81. The van der Waals surface area contributed by atoms with Gasteiger partial charge in [0.25, 0.3) is 5.91 Å². The minimum atomic E-state index is -0.654. The fourth-order valence-electron chi connectivity index (χ4n) is 5.74. The molecule has 0 aromatic heterocycles. The van der Waals surface area contributed by atoms with Gasteiger partial charge in [0.15, 0.2) is 11.6 Å². The summed E-state index contributed by atoms with van der Waals surface area (Å²) < 4.78 is 45.1. The van der Waals surface area contributed by atoms with Crippen LogP contribution in [0.15, 0.2) is 12.1 Å². The van der Waals surface area contributed by atoms with Crippen LogP contribution < -0.4 is 20.1 Å². The minimum absolute atomic E-state index is 0.0612. The maximum Gasteiger partial charge on any atom is 0.312 e. The number of ether oxygens (including phenoxy) is 3. The zero-order valence-corrected chi connectivity index (χ0v) is 24.9. The van der Waals surface area contributed by atoms with E-state index < -0.39 is 46.8 Å². The average Bonchev–Trinajstić information content (AvgIpc) is 3.56. The van der Waals surface area contributed by atoms with E-state index >= 15 is 0 Å². The number of benzene rings is 1. The normalized spacial score (nSPS) is 27.0. The molecule has 0 spiro atoms.